The van der Waals surface area contributed by atoms with Crippen LogP contribution in [0.4, 0.5) is 5.69 Å². The lowest BCUT2D eigenvalue weighted by Gasteiger charge is -2.35. The van der Waals surface area contributed by atoms with Crippen molar-refractivity contribution < 1.29 is 14.3 Å². The second-order valence-electron chi connectivity index (χ2n) is 7.37. The van der Waals surface area contributed by atoms with Crippen LogP contribution in [0.3, 0.4) is 0 Å². The second kappa shape index (κ2) is 9.45. The fourth-order valence-corrected chi connectivity index (χ4v) is 3.42. The highest BCUT2D eigenvalue weighted by Gasteiger charge is 2.25. The Kier molecular flexibility index (Phi) is 6.75. The van der Waals surface area contributed by atoms with Gasteiger partial charge in [-0.05, 0) is 42.8 Å². The predicted molar refractivity (Wildman–Crippen MR) is 115 cm³/mol. The Balaban J connectivity index is 1.53. The molecule has 0 bridgehead atoms. The van der Waals surface area contributed by atoms with E-state index in [-0.39, 0.29) is 11.8 Å². The summed E-state index contributed by atoms with van der Waals surface area (Å²) in [7, 11) is 3.91. The van der Waals surface area contributed by atoms with Crippen molar-refractivity contribution in [3.63, 3.8) is 0 Å². The first-order valence-corrected chi connectivity index (χ1v) is 10.0. The van der Waals surface area contributed by atoms with E-state index in [2.05, 4.69) is 0 Å². The van der Waals surface area contributed by atoms with Crippen LogP contribution in [0.1, 0.15) is 22.8 Å². The summed E-state index contributed by atoms with van der Waals surface area (Å²) >= 11 is 0. The molecule has 29 heavy (non-hydrogen) atoms. The van der Waals surface area contributed by atoms with Gasteiger partial charge in [-0.25, -0.2) is 0 Å². The summed E-state index contributed by atoms with van der Waals surface area (Å²) < 4.78 is 5.44. The van der Waals surface area contributed by atoms with E-state index in [9.17, 15) is 9.59 Å². The minimum Gasteiger partial charge on any atom is -0.494 e. The van der Waals surface area contributed by atoms with Crippen molar-refractivity contribution in [1.82, 2.24) is 9.80 Å². The number of ether oxygens (including phenoxy) is 1. The number of carbonyl (C=O) groups is 2. The van der Waals surface area contributed by atoms with Gasteiger partial charge < -0.3 is 19.4 Å². The summed E-state index contributed by atoms with van der Waals surface area (Å²) in [6, 6.07) is 15.3. The van der Waals surface area contributed by atoms with E-state index in [1.807, 2.05) is 84.2 Å². The van der Waals surface area contributed by atoms with Gasteiger partial charge in [-0.2, -0.15) is 0 Å². The number of anilines is 1. The van der Waals surface area contributed by atoms with Crippen molar-refractivity contribution in [1.29, 1.82) is 0 Å². The zero-order valence-corrected chi connectivity index (χ0v) is 17.4. The molecule has 0 aliphatic carbocycles. The molecule has 1 saturated heterocycles. The zero-order chi connectivity index (χ0) is 20.8. The number of carbonyl (C=O) groups excluding carboxylic acids is 2. The molecule has 154 valence electrons. The van der Waals surface area contributed by atoms with Gasteiger partial charge >= 0.3 is 0 Å². The third-order valence-electron chi connectivity index (χ3n) is 5.12. The van der Waals surface area contributed by atoms with Gasteiger partial charge in [0, 0.05) is 51.5 Å². The summed E-state index contributed by atoms with van der Waals surface area (Å²) in [5.74, 6) is 0.928. The largest absolute Gasteiger partial charge is 0.494 e. The summed E-state index contributed by atoms with van der Waals surface area (Å²) in [5.41, 5.74) is 2.66. The molecule has 1 aliphatic heterocycles. The molecule has 2 aromatic rings. The molecule has 1 aliphatic rings. The standard InChI is InChI=1S/C23H29N3O3/c1-4-29-21-10-8-18(9-11-21)16-22(27)25-12-14-26(15-13-25)23(28)19-6-5-7-20(17-19)24(2)3/h5-11,17H,4,12-16H2,1-3H3. The van der Waals surface area contributed by atoms with Gasteiger partial charge in [-0.15, -0.1) is 0 Å². The predicted octanol–water partition coefficient (Wildman–Crippen LogP) is 2.68. The number of hydrogen-bond donors (Lipinski definition) is 0. The van der Waals surface area contributed by atoms with Crippen molar-refractivity contribution >= 4 is 17.5 Å². The van der Waals surface area contributed by atoms with E-state index >= 15 is 0 Å². The maximum Gasteiger partial charge on any atom is 0.254 e. The minimum atomic E-state index is 0.0207. The van der Waals surface area contributed by atoms with Gasteiger partial charge in [0.1, 0.15) is 5.75 Å². The smallest absolute Gasteiger partial charge is 0.254 e. The maximum atomic E-state index is 12.8. The molecule has 0 aromatic heterocycles. The third kappa shape index (κ3) is 5.28. The zero-order valence-electron chi connectivity index (χ0n) is 17.4. The quantitative estimate of drug-likeness (QED) is 0.755. The Morgan fingerprint density at radius 2 is 1.62 bits per heavy atom. The topological polar surface area (TPSA) is 53.1 Å². The number of amides is 2. The summed E-state index contributed by atoms with van der Waals surface area (Å²) in [4.78, 5) is 31.1. The van der Waals surface area contributed by atoms with Crippen LogP contribution in [0, 0.1) is 0 Å². The van der Waals surface area contributed by atoms with Gasteiger partial charge in [0.15, 0.2) is 0 Å². The van der Waals surface area contributed by atoms with Crippen molar-refractivity contribution in [2.75, 3.05) is 51.8 Å². The molecule has 3 rings (SSSR count). The second-order valence-corrected chi connectivity index (χ2v) is 7.37. The van der Waals surface area contributed by atoms with E-state index in [1.54, 1.807) is 0 Å². The average Bonchev–Trinajstić information content (AvgIpc) is 2.75. The molecule has 0 saturated carbocycles. The normalized spacial score (nSPS) is 13.9. The van der Waals surface area contributed by atoms with Crippen LogP contribution in [0.5, 0.6) is 5.75 Å². The number of rotatable bonds is 6. The van der Waals surface area contributed by atoms with Crippen LogP contribution in [0.25, 0.3) is 0 Å². The van der Waals surface area contributed by atoms with Gasteiger partial charge in [-0.3, -0.25) is 9.59 Å². The maximum absolute atomic E-state index is 12.8. The fourth-order valence-electron chi connectivity index (χ4n) is 3.42. The number of benzene rings is 2. The average molecular weight is 396 g/mol. The van der Waals surface area contributed by atoms with E-state index in [0.29, 0.717) is 44.8 Å². The van der Waals surface area contributed by atoms with Gasteiger partial charge in [0.05, 0.1) is 13.0 Å². The van der Waals surface area contributed by atoms with Gasteiger partial charge in [0.2, 0.25) is 5.91 Å². The van der Waals surface area contributed by atoms with Crippen molar-refractivity contribution in [3.05, 3.63) is 59.7 Å². The first-order chi connectivity index (χ1) is 14.0. The molecular formula is C23H29N3O3. The Labute approximate surface area is 172 Å². The molecule has 0 atom stereocenters. The first kappa shape index (κ1) is 20.7. The highest BCUT2D eigenvalue weighted by molar-refractivity contribution is 5.95. The van der Waals surface area contributed by atoms with E-state index < -0.39 is 0 Å². The first-order valence-electron chi connectivity index (χ1n) is 10.0. The molecule has 1 heterocycles. The minimum absolute atomic E-state index is 0.0207. The van der Waals surface area contributed by atoms with E-state index in [4.69, 9.17) is 4.74 Å². The lowest BCUT2D eigenvalue weighted by molar-refractivity contribution is -0.131. The number of hydrogen-bond acceptors (Lipinski definition) is 4. The lowest BCUT2D eigenvalue weighted by Crippen LogP contribution is -2.51. The molecule has 0 unspecified atom stereocenters. The van der Waals surface area contributed by atoms with Crippen LogP contribution < -0.4 is 9.64 Å². The molecule has 0 spiro atoms. The van der Waals surface area contributed by atoms with Crippen LogP contribution >= 0.6 is 0 Å². The van der Waals surface area contributed by atoms with E-state index in [1.165, 1.54) is 0 Å². The van der Waals surface area contributed by atoms with E-state index in [0.717, 1.165) is 17.0 Å². The van der Waals surface area contributed by atoms with Crippen LogP contribution in [0.15, 0.2) is 48.5 Å². The monoisotopic (exact) mass is 395 g/mol. The van der Waals surface area contributed by atoms with Gasteiger partial charge in [-0.1, -0.05) is 18.2 Å². The summed E-state index contributed by atoms with van der Waals surface area (Å²) in [5, 5.41) is 0. The molecule has 6 nitrogen and oxygen atoms in total. The lowest BCUT2D eigenvalue weighted by atomic mass is 10.1. The highest BCUT2D eigenvalue weighted by Crippen LogP contribution is 2.17. The highest BCUT2D eigenvalue weighted by atomic mass is 16.5. The molecular weight excluding hydrogens is 366 g/mol. The molecule has 0 radical (unpaired) electrons. The van der Waals surface area contributed by atoms with Crippen LogP contribution in [0.2, 0.25) is 0 Å². The SMILES string of the molecule is CCOc1ccc(CC(=O)N2CCN(C(=O)c3cccc(N(C)C)c3)CC2)cc1. The molecule has 0 N–H and O–H groups in total. The molecule has 2 amide bonds. The molecule has 1 fully saturated rings. The third-order valence-corrected chi connectivity index (χ3v) is 5.12. The Hall–Kier alpha value is -3.02. The van der Waals surface area contributed by atoms with Crippen LogP contribution in [-0.4, -0.2) is 68.5 Å². The number of piperazine rings is 1. The Morgan fingerprint density at radius 1 is 0.966 bits per heavy atom. The fraction of sp³-hybridized carbons (Fsp3) is 0.391. The Morgan fingerprint density at radius 3 is 2.24 bits per heavy atom. The molecule has 6 heteroatoms. The summed E-state index contributed by atoms with van der Waals surface area (Å²) in [6.45, 7) is 4.81. The Bertz CT molecular complexity index is 841. The summed E-state index contributed by atoms with van der Waals surface area (Å²) in [6.07, 6.45) is 0.366. The van der Waals surface area contributed by atoms with Crippen molar-refractivity contribution in [2.24, 2.45) is 0 Å². The van der Waals surface area contributed by atoms with Crippen molar-refractivity contribution in [2.45, 2.75) is 13.3 Å². The van der Waals surface area contributed by atoms with Crippen molar-refractivity contribution in [3.8, 4) is 5.75 Å². The molecule has 2 aromatic carbocycles. The number of nitrogens with zero attached hydrogens (tertiary/aromatic N) is 3. The van der Waals surface area contributed by atoms with Gasteiger partial charge in [0.25, 0.3) is 5.91 Å². The van der Waals surface area contributed by atoms with Crippen LogP contribution in [-0.2, 0) is 11.2 Å².